The van der Waals surface area contributed by atoms with Crippen molar-refractivity contribution in [3.8, 4) is 0 Å². The van der Waals surface area contributed by atoms with Crippen LogP contribution in [0.4, 0.5) is 0 Å². The summed E-state index contributed by atoms with van der Waals surface area (Å²) in [4.78, 5) is 0. The van der Waals surface area contributed by atoms with E-state index in [0.29, 0.717) is 18.6 Å². The number of thioether (sulfide) groups is 1. The minimum atomic E-state index is 0.297. The van der Waals surface area contributed by atoms with E-state index in [4.69, 9.17) is 10.8 Å². The second-order valence-corrected chi connectivity index (χ2v) is 4.90. The molecule has 3 heteroatoms. The van der Waals surface area contributed by atoms with E-state index in [1.807, 2.05) is 11.8 Å². The van der Waals surface area contributed by atoms with Crippen LogP contribution in [0.25, 0.3) is 0 Å². The van der Waals surface area contributed by atoms with Crippen molar-refractivity contribution in [3.63, 3.8) is 0 Å². The first-order valence-corrected chi connectivity index (χ1v) is 5.83. The van der Waals surface area contributed by atoms with E-state index in [1.54, 1.807) is 0 Å². The predicted molar refractivity (Wildman–Crippen MR) is 54.3 cm³/mol. The summed E-state index contributed by atoms with van der Waals surface area (Å²) in [6.45, 7) is 2.36. The molecule has 0 spiro atoms. The highest BCUT2D eigenvalue weighted by molar-refractivity contribution is 7.99. The maximum absolute atomic E-state index is 8.78. The largest absolute Gasteiger partial charge is 0.396 e. The third kappa shape index (κ3) is 3.78. The lowest BCUT2D eigenvalue weighted by atomic mass is 10.2. The van der Waals surface area contributed by atoms with Gasteiger partial charge in [0.2, 0.25) is 0 Å². The van der Waals surface area contributed by atoms with Crippen molar-refractivity contribution in [2.75, 3.05) is 18.1 Å². The minimum Gasteiger partial charge on any atom is -0.396 e. The average molecular weight is 189 g/mol. The van der Waals surface area contributed by atoms with Crippen LogP contribution in [0.5, 0.6) is 0 Å². The van der Waals surface area contributed by atoms with Gasteiger partial charge in [0.05, 0.1) is 0 Å². The Morgan fingerprint density at radius 1 is 1.50 bits per heavy atom. The van der Waals surface area contributed by atoms with Gasteiger partial charge in [0.15, 0.2) is 0 Å². The van der Waals surface area contributed by atoms with Crippen molar-refractivity contribution >= 4 is 11.8 Å². The van der Waals surface area contributed by atoms with Crippen LogP contribution in [0.15, 0.2) is 0 Å². The van der Waals surface area contributed by atoms with Gasteiger partial charge in [-0.3, -0.25) is 0 Å². The van der Waals surface area contributed by atoms with Crippen LogP contribution in [-0.4, -0.2) is 29.3 Å². The highest BCUT2D eigenvalue weighted by atomic mass is 32.2. The molecule has 0 bridgehead atoms. The molecule has 2 unspecified atom stereocenters. The molecular formula is C9H19NOS. The molecule has 1 aliphatic rings. The molecule has 0 aliphatic heterocycles. The Hall–Kier alpha value is 0.270. The SMILES string of the molecule is CC(CO)CSCC(N)C1CC1. The Bertz CT molecular complexity index is 128. The summed E-state index contributed by atoms with van der Waals surface area (Å²) in [6.07, 6.45) is 2.66. The van der Waals surface area contributed by atoms with E-state index in [0.717, 1.165) is 17.4 Å². The van der Waals surface area contributed by atoms with Crippen molar-refractivity contribution in [1.29, 1.82) is 0 Å². The molecular weight excluding hydrogens is 170 g/mol. The first-order chi connectivity index (χ1) is 5.74. The van der Waals surface area contributed by atoms with Gasteiger partial charge in [-0.15, -0.1) is 0 Å². The van der Waals surface area contributed by atoms with Gasteiger partial charge in [0, 0.05) is 18.4 Å². The zero-order valence-corrected chi connectivity index (χ0v) is 8.52. The average Bonchev–Trinajstić information content (AvgIpc) is 2.86. The topological polar surface area (TPSA) is 46.2 Å². The Labute approximate surface area is 78.9 Å². The fraction of sp³-hybridized carbons (Fsp3) is 1.00. The summed E-state index contributed by atoms with van der Waals surface area (Å²) < 4.78 is 0. The predicted octanol–water partition coefficient (Wildman–Crippen LogP) is 1.09. The van der Waals surface area contributed by atoms with Gasteiger partial charge in [-0.1, -0.05) is 6.92 Å². The van der Waals surface area contributed by atoms with E-state index in [2.05, 4.69) is 6.92 Å². The van der Waals surface area contributed by atoms with Crippen molar-refractivity contribution < 1.29 is 5.11 Å². The van der Waals surface area contributed by atoms with Gasteiger partial charge in [0.1, 0.15) is 0 Å². The molecule has 0 saturated heterocycles. The normalized spacial score (nSPS) is 22.2. The Balaban J connectivity index is 1.93. The molecule has 12 heavy (non-hydrogen) atoms. The Morgan fingerprint density at radius 3 is 2.67 bits per heavy atom. The summed E-state index contributed by atoms with van der Waals surface area (Å²) in [6, 6.07) is 0.404. The summed E-state index contributed by atoms with van der Waals surface area (Å²) >= 11 is 1.88. The van der Waals surface area contributed by atoms with Gasteiger partial charge >= 0.3 is 0 Å². The molecule has 3 N–H and O–H groups in total. The molecule has 0 aromatic heterocycles. The number of hydrogen-bond acceptors (Lipinski definition) is 3. The second-order valence-electron chi connectivity index (χ2n) is 3.83. The van der Waals surface area contributed by atoms with Crippen LogP contribution < -0.4 is 5.73 Å². The molecule has 2 atom stereocenters. The summed E-state index contributed by atoms with van der Waals surface area (Å²) in [5, 5.41) is 8.78. The van der Waals surface area contributed by atoms with E-state index in [9.17, 15) is 0 Å². The Morgan fingerprint density at radius 2 is 2.17 bits per heavy atom. The Kier molecular flexibility index (Phi) is 4.40. The van der Waals surface area contributed by atoms with Crippen molar-refractivity contribution in [1.82, 2.24) is 0 Å². The lowest BCUT2D eigenvalue weighted by molar-refractivity contribution is 0.250. The van der Waals surface area contributed by atoms with Gasteiger partial charge < -0.3 is 10.8 Å². The molecule has 1 fully saturated rings. The van der Waals surface area contributed by atoms with Crippen LogP contribution in [0.2, 0.25) is 0 Å². The molecule has 0 amide bonds. The molecule has 1 saturated carbocycles. The number of hydrogen-bond donors (Lipinski definition) is 2. The van der Waals surface area contributed by atoms with Crippen molar-refractivity contribution in [3.05, 3.63) is 0 Å². The van der Waals surface area contributed by atoms with Gasteiger partial charge in [-0.2, -0.15) is 11.8 Å². The summed E-state index contributed by atoms with van der Waals surface area (Å²) in [5.41, 5.74) is 5.92. The zero-order valence-electron chi connectivity index (χ0n) is 7.70. The van der Waals surface area contributed by atoms with E-state index in [1.165, 1.54) is 12.8 Å². The summed E-state index contributed by atoms with van der Waals surface area (Å²) in [7, 11) is 0. The van der Waals surface area contributed by atoms with Crippen LogP contribution in [0.3, 0.4) is 0 Å². The van der Waals surface area contributed by atoms with E-state index >= 15 is 0 Å². The molecule has 72 valence electrons. The molecule has 1 aliphatic carbocycles. The van der Waals surface area contributed by atoms with Crippen LogP contribution in [0, 0.1) is 11.8 Å². The number of nitrogens with two attached hydrogens (primary N) is 1. The maximum atomic E-state index is 8.78. The quantitative estimate of drug-likeness (QED) is 0.657. The molecule has 0 radical (unpaired) electrons. The third-order valence-corrected chi connectivity index (χ3v) is 3.68. The fourth-order valence-electron chi connectivity index (χ4n) is 1.12. The zero-order chi connectivity index (χ0) is 8.97. The van der Waals surface area contributed by atoms with Crippen LogP contribution >= 0.6 is 11.8 Å². The van der Waals surface area contributed by atoms with Gasteiger partial charge in [0.25, 0.3) is 0 Å². The number of aliphatic hydroxyl groups excluding tert-OH is 1. The van der Waals surface area contributed by atoms with Crippen LogP contribution in [-0.2, 0) is 0 Å². The molecule has 0 aromatic rings. The monoisotopic (exact) mass is 189 g/mol. The van der Waals surface area contributed by atoms with E-state index < -0.39 is 0 Å². The second kappa shape index (κ2) is 5.10. The summed E-state index contributed by atoms with van der Waals surface area (Å²) in [5.74, 6) is 3.33. The fourth-order valence-corrected chi connectivity index (χ4v) is 2.31. The van der Waals surface area contributed by atoms with Crippen molar-refractivity contribution in [2.45, 2.75) is 25.8 Å². The molecule has 1 rings (SSSR count). The van der Waals surface area contributed by atoms with Crippen LogP contribution in [0.1, 0.15) is 19.8 Å². The molecule has 2 nitrogen and oxygen atoms in total. The number of aliphatic hydroxyl groups is 1. The minimum absolute atomic E-state index is 0.297. The lowest BCUT2D eigenvalue weighted by Crippen LogP contribution is -2.25. The third-order valence-electron chi connectivity index (χ3n) is 2.25. The van der Waals surface area contributed by atoms with Gasteiger partial charge in [-0.25, -0.2) is 0 Å². The molecule has 0 heterocycles. The smallest absolute Gasteiger partial charge is 0.0464 e. The van der Waals surface area contributed by atoms with Gasteiger partial charge in [-0.05, 0) is 30.4 Å². The first kappa shape index (κ1) is 10.4. The van der Waals surface area contributed by atoms with Crippen molar-refractivity contribution in [2.24, 2.45) is 17.6 Å². The number of rotatable bonds is 6. The first-order valence-electron chi connectivity index (χ1n) is 4.68. The molecule has 0 aromatic carbocycles. The maximum Gasteiger partial charge on any atom is 0.0464 e. The van der Waals surface area contributed by atoms with E-state index in [-0.39, 0.29) is 0 Å². The highest BCUT2D eigenvalue weighted by Crippen LogP contribution is 2.32. The highest BCUT2D eigenvalue weighted by Gasteiger charge is 2.27. The standard InChI is InChI=1S/C9H19NOS/c1-7(4-11)5-12-6-9(10)8-2-3-8/h7-9,11H,2-6,10H2,1H3. The lowest BCUT2D eigenvalue weighted by Gasteiger charge is -2.11.